The highest BCUT2D eigenvalue weighted by Crippen LogP contribution is 2.57. The molecule has 2 bridgehead atoms. The third-order valence-electron chi connectivity index (χ3n) is 6.57. The van der Waals surface area contributed by atoms with Crippen LogP contribution in [0.4, 0.5) is 13.2 Å². The van der Waals surface area contributed by atoms with E-state index in [2.05, 4.69) is 5.32 Å². The van der Waals surface area contributed by atoms with E-state index in [-0.39, 0.29) is 11.6 Å². The van der Waals surface area contributed by atoms with Gasteiger partial charge in [0.2, 0.25) is 5.43 Å². The van der Waals surface area contributed by atoms with E-state index < -0.39 is 63.7 Å². The lowest BCUT2D eigenvalue weighted by atomic mass is 10.0. The van der Waals surface area contributed by atoms with Crippen LogP contribution < -0.4 is 10.7 Å². The summed E-state index contributed by atoms with van der Waals surface area (Å²) < 4.78 is 42.3. The van der Waals surface area contributed by atoms with Gasteiger partial charge < -0.3 is 19.9 Å². The Hall–Kier alpha value is -3.30. The summed E-state index contributed by atoms with van der Waals surface area (Å²) in [6.45, 7) is 0.361. The first-order chi connectivity index (χ1) is 14.7. The second-order valence-corrected chi connectivity index (χ2v) is 8.34. The second kappa shape index (κ2) is 6.60. The first-order valence-electron chi connectivity index (χ1n) is 9.93. The number of halogens is 3. The number of carbonyl (C=O) groups excluding carboxylic acids is 2. The van der Waals surface area contributed by atoms with Crippen molar-refractivity contribution in [3.63, 3.8) is 0 Å². The van der Waals surface area contributed by atoms with E-state index in [1.54, 1.807) is 4.90 Å². The second-order valence-electron chi connectivity index (χ2n) is 8.34. The minimum atomic E-state index is -1.17. The molecule has 10 heteroatoms. The van der Waals surface area contributed by atoms with Crippen LogP contribution in [0.2, 0.25) is 0 Å². The van der Waals surface area contributed by atoms with Crippen LogP contribution in [-0.2, 0) is 12.1 Å². The maximum atomic E-state index is 13.8. The highest BCUT2D eigenvalue weighted by molar-refractivity contribution is 5.99. The van der Waals surface area contributed by atoms with E-state index in [0.717, 1.165) is 19.3 Å². The molecule has 2 N–H and O–H groups in total. The molecule has 2 amide bonds. The van der Waals surface area contributed by atoms with Crippen LogP contribution in [0.25, 0.3) is 0 Å². The minimum absolute atomic E-state index is 0.132. The summed E-state index contributed by atoms with van der Waals surface area (Å²) in [6, 6.07) is 0.972. The van der Waals surface area contributed by atoms with Crippen molar-refractivity contribution >= 4 is 11.8 Å². The van der Waals surface area contributed by atoms with Crippen molar-refractivity contribution in [1.82, 2.24) is 14.8 Å². The van der Waals surface area contributed by atoms with Crippen molar-refractivity contribution in [1.29, 1.82) is 0 Å². The molecule has 162 valence electrons. The molecule has 5 rings (SSSR count). The fourth-order valence-corrected chi connectivity index (χ4v) is 4.89. The molecule has 1 saturated heterocycles. The van der Waals surface area contributed by atoms with Gasteiger partial charge in [-0.1, -0.05) is 0 Å². The summed E-state index contributed by atoms with van der Waals surface area (Å²) in [7, 11) is 0. The third-order valence-corrected chi connectivity index (χ3v) is 6.57. The molecule has 1 saturated carbocycles. The molecule has 2 atom stereocenters. The van der Waals surface area contributed by atoms with Gasteiger partial charge in [0, 0.05) is 43.5 Å². The topological polar surface area (TPSA) is 91.6 Å². The van der Waals surface area contributed by atoms with Crippen molar-refractivity contribution in [3.8, 4) is 5.75 Å². The van der Waals surface area contributed by atoms with Crippen LogP contribution in [0.1, 0.15) is 45.7 Å². The van der Waals surface area contributed by atoms with Crippen molar-refractivity contribution in [2.24, 2.45) is 5.92 Å². The van der Waals surface area contributed by atoms with Gasteiger partial charge in [-0.05, 0) is 25.2 Å². The quantitative estimate of drug-likeness (QED) is 0.773. The molecule has 1 unspecified atom stereocenters. The van der Waals surface area contributed by atoms with Crippen molar-refractivity contribution < 1.29 is 27.9 Å². The predicted molar refractivity (Wildman–Crippen MR) is 101 cm³/mol. The number of fused-ring (bicyclic) bond motifs is 2. The lowest BCUT2D eigenvalue weighted by Gasteiger charge is -2.36. The summed E-state index contributed by atoms with van der Waals surface area (Å²) in [5.41, 5.74) is -2.63. The van der Waals surface area contributed by atoms with E-state index in [1.807, 2.05) is 0 Å². The highest BCUT2D eigenvalue weighted by Gasteiger charge is 2.61. The van der Waals surface area contributed by atoms with Gasteiger partial charge in [0.1, 0.15) is 23.0 Å². The molecule has 1 aromatic carbocycles. The van der Waals surface area contributed by atoms with Gasteiger partial charge in [0.05, 0.1) is 5.54 Å². The zero-order valence-electron chi connectivity index (χ0n) is 16.3. The van der Waals surface area contributed by atoms with E-state index in [1.165, 1.54) is 10.8 Å². The van der Waals surface area contributed by atoms with Crippen LogP contribution in [0.15, 0.2) is 23.1 Å². The lowest BCUT2D eigenvalue weighted by Crippen LogP contribution is -2.49. The van der Waals surface area contributed by atoms with Crippen LogP contribution in [0.5, 0.6) is 5.75 Å². The number of benzene rings is 1. The van der Waals surface area contributed by atoms with Crippen molar-refractivity contribution in [2.75, 3.05) is 13.1 Å². The molecule has 31 heavy (non-hydrogen) atoms. The molecule has 1 aromatic heterocycles. The SMILES string of the molecule is O=C(NCc1c(F)cc(F)cc1F)c1cn2c(c(O)c1=O)C(=O)N1CCC[C@H]3CC32C1. The average Bonchev–Trinajstić information content (AvgIpc) is 3.41. The normalized spacial score (nSPS) is 23.6. The first-order valence-corrected chi connectivity index (χ1v) is 9.93. The molecule has 1 spiro atoms. The number of nitrogens with one attached hydrogen (secondary N) is 1. The number of aromatic nitrogens is 1. The Morgan fingerprint density at radius 1 is 1.23 bits per heavy atom. The van der Waals surface area contributed by atoms with Gasteiger partial charge in [-0.25, -0.2) is 13.2 Å². The fraction of sp³-hybridized carbons (Fsp3) is 0.381. The molecular formula is C21H18F3N3O4. The van der Waals surface area contributed by atoms with Crippen LogP contribution in [-0.4, -0.2) is 39.5 Å². The van der Waals surface area contributed by atoms with Crippen molar-refractivity contribution in [2.45, 2.75) is 31.3 Å². The number of amides is 2. The molecule has 0 radical (unpaired) electrons. The number of hydrogen-bond acceptors (Lipinski definition) is 4. The lowest BCUT2D eigenvalue weighted by molar-refractivity contribution is 0.0650. The molecule has 2 fully saturated rings. The summed E-state index contributed by atoms with van der Waals surface area (Å²) in [6.07, 6.45) is 3.73. The summed E-state index contributed by atoms with van der Waals surface area (Å²) in [5, 5.41) is 12.7. The average molecular weight is 433 g/mol. The Morgan fingerprint density at radius 3 is 2.65 bits per heavy atom. The molecular weight excluding hydrogens is 415 g/mol. The summed E-state index contributed by atoms with van der Waals surface area (Å²) >= 11 is 0. The predicted octanol–water partition coefficient (Wildman–Crippen LogP) is 1.87. The van der Waals surface area contributed by atoms with Gasteiger partial charge in [-0.2, -0.15) is 0 Å². The number of nitrogens with zero attached hydrogens (tertiary/aromatic N) is 2. The van der Waals surface area contributed by atoms with Gasteiger partial charge in [0.15, 0.2) is 11.4 Å². The first kappa shape index (κ1) is 19.7. The Labute approximate surface area is 174 Å². The van der Waals surface area contributed by atoms with Gasteiger partial charge in [-0.3, -0.25) is 14.4 Å². The van der Waals surface area contributed by atoms with Crippen LogP contribution >= 0.6 is 0 Å². The number of carbonyl (C=O) groups is 2. The zero-order chi connectivity index (χ0) is 22.1. The van der Waals surface area contributed by atoms with E-state index >= 15 is 0 Å². The number of pyridine rings is 1. The maximum absolute atomic E-state index is 13.8. The standard InChI is InChI=1S/C21H18F3N3O4/c22-11-4-14(23)12(15(24)5-11)7-25-19(30)13-8-27-16(18(29)17(13)28)20(31)26-3-1-2-10-6-21(10,27)9-26/h4-5,8,10,29H,1-3,6-7,9H2,(H,25,30)/t10-,21?/m0/s1. The Kier molecular flexibility index (Phi) is 4.18. The molecule has 3 heterocycles. The Bertz CT molecular complexity index is 1190. The minimum Gasteiger partial charge on any atom is -0.503 e. The number of hydrogen-bond donors (Lipinski definition) is 2. The van der Waals surface area contributed by atoms with Gasteiger partial charge in [0.25, 0.3) is 11.8 Å². The molecule has 3 aliphatic rings. The zero-order valence-corrected chi connectivity index (χ0v) is 16.3. The molecule has 2 aliphatic heterocycles. The van der Waals surface area contributed by atoms with Gasteiger partial charge in [-0.15, -0.1) is 0 Å². The Balaban J connectivity index is 1.51. The van der Waals surface area contributed by atoms with E-state index in [4.69, 9.17) is 0 Å². The number of rotatable bonds is 3. The van der Waals surface area contributed by atoms with Crippen LogP contribution in [0, 0.1) is 23.4 Å². The van der Waals surface area contributed by atoms with Crippen molar-refractivity contribution in [3.05, 3.63) is 62.8 Å². The van der Waals surface area contributed by atoms with E-state index in [0.29, 0.717) is 25.2 Å². The Morgan fingerprint density at radius 2 is 1.94 bits per heavy atom. The largest absolute Gasteiger partial charge is 0.503 e. The maximum Gasteiger partial charge on any atom is 0.274 e. The highest BCUT2D eigenvalue weighted by atomic mass is 19.1. The monoisotopic (exact) mass is 433 g/mol. The molecule has 1 aliphatic carbocycles. The summed E-state index contributed by atoms with van der Waals surface area (Å²) in [5.74, 6) is -5.41. The van der Waals surface area contributed by atoms with E-state index in [9.17, 15) is 32.7 Å². The van der Waals surface area contributed by atoms with Crippen LogP contribution in [0.3, 0.4) is 0 Å². The number of aromatic hydroxyl groups is 1. The van der Waals surface area contributed by atoms with Gasteiger partial charge >= 0.3 is 0 Å². The molecule has 2 aromatic rings. The molecule has 7 nitrogen and oxygen atoms in total. The third kappa shape index (κ3) is 2.84. The smallest absolute Gasteiger partial charge is 0.274 e. The summed E-state index contributed by atoms with van der Waals surface area (Å²) in [4.78, 5) is 39.7. The fourth-order valence-electron chi connectivity index (χ4n) is 4.89.